The first-order valence-electron chi connectivity index (χ1n) is 6.95. The monoisotopic (exact) mass is 257 g/mol. The molecule has 100 valence electrons. The summed E-state index contributed by atoms with van der Waals surface area (Å²) in [5.74, 6) is 0.772. The van der Waals surface area contributed by atoms with Gasteiger partial charge < -0.3 is 0 Å². The summed E-state index contributed by atoms with van der Waals surface area (Å²) in [5, 5.41) is 4.16. The SMILES string of the molecule is Cc1nc2ccccc2c(=O)n1CNC1CCCC1. The number of fused-ring (bicyclic) bond motifs is 1. The van der Waals surface area contributed by atoms with E-state index in [0.29, 0.717) is 18.1 Å². The molecule has 4 nitrogen and oxygen atoms in total. The number of hydrogen-bond acceptors (Lipinski definition) is 3. The first-order chi connectivity index (χ1) is 9.25. The van der Waals surface area contributed by atoms with Gasteiger partial charge in [-0.1, -0.05) is 25.0 Å². The van der Waals surface area contributed by atoms with E-state index < -0.39 is 0 Å². The fourth-order valence-electron chi connectivity index (χ4n) is 2.82. The maximum atomic E-state index is 12.4. The summed E-state index contributed by atoms with van der Waals surface area (Å²) in [6.07, 6.45) is 5.02. The number of nitrogens with zero attached hydrogens (tertiary/aromatic N) is 2. The van der Waals surface area contributed by atoms with Crippen LogP contribution in [0.1, 0.15) is 31.5 Å². The summed E-state index contributed by atoms with van der Waals surface area (Å²) in [6.45, 7) is 2.46. The van der Waals surface area contributed by atoms with Crippen molar-refractivity contribution < 1.29 is 0 Å². The van der Waals surface area contributed by atoms with Gasteiger partial charge in [0.1, 0.15) is 5.82 Å². The molecular weight excluding hydrogens is 238 g/mol. The number of aromatic nitrogens is 2. The van der Waals surface area contributed by atoms with Crippen molar-refractivity contribution in [3.63, 3.8) is 0 Å². The minimum atomic E-state index is 0.0496. The normalized spacial score (nSPS) is 16.3. The van der Waals surface area contributed by atoms with Crippen LogP contribution >= 0.6 is 0 Å². The predicted molar refractivity (Wildman–Crippen MR) is 76.1 cm³/mol. The molecule has 19 heavy (non-hydrogen) atoms. The van der Waals surface area contributed by atoms with Gasteiger partial charge >= 0.3 is 0 Å². The molecule has 0 aliphatic heterocycles. The molecule has 1 aromatic carbocycles. The van der Waals surface area contributed by atoms with Gasteiger partial charge in [0.25, 0.3) is 5.56 Å². The Morgan fingerprint density at radius 1 is 1.32 bits per heavy atom. The van der Waals surface area contributed by atoms with Crippen molar-refractivity contribution in [3.05, 3.63) is 40.4 Å². The lowest BCUT2D eigenvalue weighted by Gasteiger charge is -2.15. The summed E-state index contributed by atoms with van der Waals surface area (Å²) < 4.78 is 1.74. The zero-order valence-electron chi connectivity index (χ0n) is 11.2. The molecule has 3 rings (SSSR count). The standard InChI is InChI=1S/C15H19N3O/c1-11-17-14-9-5-4-8-13(14)15(19)18(11)10-16-12-6-2-3-7-12/h4-5,8-9,12,16H,2-3,6-7,10H2,1H3. The second-order valence-electron chi connectivity index (χ2n) is 5.25. The van der Waals surface area contributed by atoms with Crippen LogP contribution < -0.4 is 10.9 Å². The van der Waals surface area contributed by atoms with Gasteiger partial charge in [-0.25, -0.2) is 4.98 Å². The predicted octanol–water partition coefficient (Wildman–Crippen LogP) is 2.19. The van der Waals surface area contributed by atoms with Gasteiger partial charge in [0.05, 0.1) is 17.6 Å². The van der Waals surface area contributed by atoms with Crippen molar-refractivity contribution in [1.29, 1.82) is 0 Å². The Balaban J connectivity index is 1.91. The molecular formula is C15H19N3O. The average molecular weight is 257 g/mol. The zero-order chi connectivity index (χ0) is 13.2. The summed E-state index contributed by atoms with van der Waals surface area (Å²) >= 11 is 0. The minimum absolute atomic E-state index is 0.0496. The Morgan fingerprint density at radius 3 is 2.84 bits per heavy atom. The van der Waals surface area contributed by atoms with Crippen LogP contribution in [-0.4, -0.2) is 15.6 Å². The molecule has 1 aliphatic carbocycles. The molecule has 1 heterocycles. The van der Waals surface area contributed by atoms with Crippen molar-refractivity contribution in [2.45, 2.75) is 45.3 Å². The minimum Gasteiger partial charge on any atom is -0.297 e. The molecule has 1 N–H and O–H groups in total. The van der Waals surface area contributed by atoms with Gasteiger partial charge in [0.15, 0.2) is 0 Å². The van der Waals surface area contributed by atoms with Crippen molar-refractivity contribution in [2.24, 2.45) is 0 Å². The van der Waals surface area contributed by atoms with E-state index in [-0.39, 0.29) is 5.56 Å². The molecule has 4 heteroatoms. The third-order valence-corrected chi connectivity index (χ3v) is 3.95. The molecule has 0 saturated heterocycles. The second-order valence-corrected chi connectivity index (χ2v) is 5.25. The van der Waals surface area contributed by atoms with Crippen LogP contribution in [0.2, 0.25) is 0 Å². The highest BCUT2D eigenvalue weighted by molar-refractivity contribution is 5.77. The van der Waals surface area contributed by atoms with Gasteiger partial charge in [-0.15, -0.1) is 0 Å². The Bertz CT molecular complexity index is 641. The van der Waals surface area contributed by atoms with Crippen LogP contribution in [0, 0.1) is 6.92 Å². The van der Waals surface area contributed by atoms with Crippen molar-refractivity contribution >= 4 is 10.9 Å². The first-order valence-corrected chi connectivity index (χ1v) is 6.95. The molecule has 0 radical (unpaired) electrons. The first kappa shape index (κ1) is 12.4. The summed E-state index contributed by atoms with van der Waals surface area (Å²) in [5.41, 5.74) is 0.829. The highest BCUT2D eigenvalue weighted by Crippen LogP contribution is 2.17. The van der Waals surface area contributed by atoms with Gasteiger partial charge in [-0.05, 0) is 31.9 Å². The highest BCUT2D eigenvalue weighted by Gasteiger charge is 2.15. The number of benzene rings is 1. The van der Waals surface area contributed by atoms with E-state index >= 15 is 0 Å². The summed E-state index contributed by atoms with van der Waals surface area (Å²) in [4.78, 5) is 16.9. The smallest absolute Gasteiger partial charge is 0.262 e. The zero-order valence-corrected chi connectivity index (χ0v) is 11.2. The van der Waals surface area contributed by atoms with E-state index in [1.807, 2.05) is 31.2 Å². The van der Waals surface area contributed by atoms with Crippen LogP contribution in [-0.2, 0) is 6.67 Å². The lowest BCUT2D eigenvalue weighted by molar-refractivity contribution is 0.444. The molecule has 0 amide bonds. The molecule has 0 spiro atoms. The van der Waals surface area contributed by atoms with Gasteiger partial charge in [0, 0.05) is 6.04 Å². The molecule has 0 bridgehead atoms. The number of nitrogens with one attached hydrogen (secondary N) is 1. The van der Waals surface area contributed by atoms with Crippen LogP contribution in [0.3, 0.4) is 0 Å². The van der Waals surface area contributed by atoms with Crippen molar-refractivity contribution in [3.8, 4) is 0 Å². The lowest BCUT2D eigenvalue weighted by Crippen LogP contribution is -2.35. The molecule has 1 aromatic heterocycles. The molecule has 1 fully saturated rings. The van der Waals surface area contributed by atoms with Crippen LogP contribution in [0.5, 0.6) is 0 Å². The summed E-state index contributed by atoms with van der Waals surface area (Å²) in [7, 11) is 0. The Kier molecular flexibility index (Phi) is 3.34. The Labute approximate surface area is 112 Å². The van der Waals surface area contributed by atoms with Crippen LogP contribution in [0.4, 0.5) is 0 Å². The number of rotatable bonds is 3. The van der Waals surface area contributed by atoms with E-state index in [2.05, 4.69) is 10.3 Å². The van der Waals surface area contributed by atoms with Crippen molar-refractivity contribution in [1.82, 2.24) is 14.9 Å². The third-order valence-electron chi connectivity index (χ3n) is 3.95. The summed E-state index contributed by atoms with van der Waals surface area (Å²) in [6, 6.07) is 8.08. The number of aryl methyl sites for hydroxylation is 1. The van der Waals surface area contributed by atoms with Crippen LogP contribution in [0.15, 0.2) is 29.1 Å². The van der Waals surface area contributed by atoms with Gasteiger partial charge in [-0.3, -0.25) is 14.7 Å². The highest BCUT2D eigenvalue weighted by atomic mass is 16.1. The molecule has 2 aromatic rings. The van der Waals surface area contributed by atoms with Gasteiger partial charge in [0.2, 0.25) is 0 Å². The van der Waals surface area contributed by atoms with Gasteiger partial charge in [-0.2, -0.15) is 0 Å². The lowest BCUT2D eigenvalue weighted by atomic mass is 10.2. The molecule has 1 saturated carbocycles. The second kappa shape index (κ2) is 5.13. The largest absolute Gasteiger partial charge is 0.297 e. The maximum absolute atomic E-state index is 12.4. The number of hydrogen-bond donors (Lipinski definition) is 1. The Hall–Kier alpha value is -1.68. The van der Waals surface area contributed by atoms with E-state index in [1.54, 1.807) is 4.57 Å². The quantitative estimate of drug-likeness (QED) is 0.917. The maximum Gasteiger partial charge on any atom is 0.262 e. The fourth-order valence-corrected chi connectivity index (χ4v) is 2.82. The Morgan fingerprint density at radius 2 is 2.05 bits per heavy atom. The van der Waals surface area contributed by atoms with Crippen LogP contribution in [0.25, 0.3) is 10.9 Å². The van der Waals surface area contributed by atoms with E-state index in [1.165, 1.54) is 25.7 Å². The molecule has 0 atom stereocenters. The topological polar surface area (TPSA) is 46.9 Å². The van der Waals surface area contributed by atoms with E-state index in [0.717, 1.165) is 11.3 Å². The third kappa shape index (κ3) is 2.40. The molecule has 0 unspecified atom stereocenters. The van der Waals surface area contributed by atoms with Crippen molar-refractivity contribution in [2.75, 3.05) is 0 Å². The van der Waals surface area contributed by atoms with E-state index in [4.69, 9.17) is 0 Å². The average Bonchev–Trinajstić information content (AvgIpc) is 2.92. The molecule has 1 aliphatic rings. The number of para-hydroxylation sites is 1. The van der Waals surface area contributed by atoms with E-state index in [9.17, 15) is 4.79 Å². The fraction of sp³-hybridized carbons (Fsp3) is 0.467.